The molecule has 0 unspecified atom stereocenters. The predicted molar refractivity (Wildman–Crippen MR) is 266 cm³/mol. The summed E-state index contributed by atoms with van der Waals surface area (Å²) in [6.07, 6.45) is 8.42. The van der Waals surface area contributed by atoms with Crippen LogP contribution in [0.2, 0.25) is 0 Å². The zero-order valence-corrected chi connectivity index (χ0v) is 44.7. The van der Waals surface area contributed by atoms with Crippen LogP contribution in [0.1, 0.15) is 25.7 Å². The van der Waals surface area contributed by atoms with Crippen molar-refractivity contribution in [2.24, 2.45) is 20.6 Å². The molecule has 0 radical (unpaired) electrons. The first kappa shape index (κ1) is 61.6. The van der Waals surface area contributed by atoms with Crippen LogP contribution in [0, 0.1) is 23.3 Å². The molecule has 8 N–H and O–H groups in total. The van der Waals surface area contributed by atoms with Crippen LogP contribution in [-0.4, -0.2) is 200 Å². The Bertz CT molecular complexity index is 2540. The Hall–Kier alpha value is -5.28. The largest absolute Gasteiger partial charge is 0.380 e. The Morgan fingerprint density at radius 2 is 0.513 bits per heavy atom. The molecule has 76 heavy (non-hydrogen) atoms. The van der Waals surface area contributed by atoms with Gasteiger partial charge in [0.1, 0.15) is 0 Å². The number of methoxy groups -OCH3 is 4. The first-order valence-electron chi connectivity index (χ1n) is 22.7. The SMILES string of the molecule is CO[C@@H]1C[C@@H](S(N)(=O)=O)CN(c2ncc(F)cn2)C1.CO[C@@H]1C[C@H](S(N)(=O)=O)CN(c2ncc(F)cn2)C1.CO[C@H]1C[C@@H](S(N)(=O)=O)CN(c2ncc(F)cn2)C1.CO[C@H]1C[C@H](S(N)(=O)=O)CN(c2ncc(F)cn2)C1. The van der Waals surface area contributed by atoms with Crippen LogP contribution in [0.25, 0.3) is 0 Å². The van der Waals surface area contributed by atoms with Gasteiger partial charge in [-0.3, -0.25) is 0 Å². The lowest BCUT2D eigenvalue weighted by molar-refractivity contribution is 0.0897. The van der Waals surface area contributed by atoms with E-state index in [1.54, 1.807) is 19.6 Å². The smallest absolute Gasteiger partial charge is 0.225 e. The van der Waals surface area contributed by atoms with Crippen LogP contribution in [0.3, 0.4) is 0 Å². The lowest BCUT2D eigenvalue weighted by Gasteiger charge is -2.35. The number of aromatic nitrogens is 8. The Morgan fingerprint density at radius 3 is 0.645 bits per heavy atom. The summed E-state index contributed by atoms with van der Waals surface area (Å²) in [6.45, 7) is 2.44. The molecule has 4 aromatic heterocycles. The van der Waals surface area contributed by atoms with Crippen LogP contribution in [0.4, 0.5) is 41.4 Å². The van der Waals surface area contributed by atoms with Gasteiger partial charge >= 0.3 is 0 Å². The summed E-state index contributed by atoms with van der Waals surface area (Å²) in [6, 6.07) is 0. The quantitative estimate of drug-likeness (QED) is 0.111. The molecule has 0 saturated carbocycles. The molecule has 8 heterocycles. The molecule has 424 valence electrons. The molecule has 8 atom stereocenters. The van der Waals surface area contributed by atoms with Gasteiger partial charge in [0.15, 0.2) is 23.3 Å². The van der Waals surface area contributed by atoms with Crippen molar-refractivity contribution in [1.29, 1.82) is 0 Å². The van der Waals surface area contributed by atoms with Crippen LogP contribution in [-0.2, 0) is 59.0 Å². The molecule has 0 spiro atoms. The van der Waals surface area contributed by atoms with Crippen LogP contribution in [0.15, 0.2) is 49.6 Å². The molecule has 4 fully saturated rings. The maximum Gasteiger partial charge on any atom is 0.225 e. The second-order valence-corrected chi connectivity index (χ2v) is 25.0. The highest BCUT2D eigenvalue weighted by molar-refractivity contribution is 7.90. The monoisotopic (exact) mass is 1160 g/mol. The van der Waals surface area contributed by atoms with E-state index in [1.807, 2.05) is 0 Å². The first-order valence-corrected chi connectivity index (χ1v) is 29.1. The van der Waals surface area contributed by atoms with Crippen molar-refractivity contribution in [3.8, 4) is 0 Å². The number of sulfonamides is 4. The molecule has 36 heteroatoms. The third-order valence-electron chi connectivity index (χ3n) is 12.2. The topological polar surface area (TPSA) is 394 Å². The van der Waals surface area contributed by atoms with Crippen molar-refractivity contribution in [2.75, 3.05) is 100 Å². The number of halogens is 4. The number of hydrogen-bond donors (Lipinski definition) is 4. The Balaban J connectivity index is 0.000000187. The van der Waals surface area contributed by atoms with Gasteiger partial charge in [-0.25, -0.2) is 112 Å². The van der Waals surface area contributed by atoms with Crippen LogP contribution >= 0.6 is 0 Å². The predicted octanol–water partition coefficient (Wildman–Crippen LogP) is -2.01. The molecule has 4 aromatic rings. The van der Waals surface area contributed by atoms with Gasteiger partial charge in [-0.1, -0.05) is 0 Å². The van der Waals surface area contributed by atoms with Crippen molar-refractivity contribution in [1.82, 2.24) is 39.9 Å². The third kappa shape index (κ3) is 18.4. The third-order valence-corrected chi connectivity index (χ3v) is 17.3. The highest BCUT2D eigenvalue weighted by Crippen LogP contribution is 2.25. The molecule has 4 saturated heterocycles. The van der Waals surface area contributed by atoms with Crippen molar-refractivity contribution >= 4 is 63.9 Å². The molecule has 0 amide bonds. The van der Waals surface area contributed by atoms with Crippen LogP contribution < -0.4 is 40.2 Å². The van der Waals surface area contributed by atoms with Gasteiger partial charge in [-0.05, 0) is 25.7 Å². The van der Waals surface area contributed by atoms with Crippen LogP contribution in [0.5, 0.6) is 0 Å². The van der Waals surface area contributed by atoms with Gasteiger partial charge < -0.3 is 38.5 Å². The van der Waals surface area contributed by atoms with E-state index in [9.17, 15) is 51.2 Å². The number of primary sulfonamides is 4. The molecular weight excluding hydrogens is 1100 g/mol. The average molecular weight is 1160 g/mol. The van der Waals surface area contributed by atoms with E-state index in [0.29, 0.717) is 51.9 Å². The number of hydrogen-bond acceptors (Lipinski definition) is 24. The van der Waals surface area contributed by atoms with Crippen molar-refractivity contribution in [2.45, 2.75) is 71.1 Å². The van der Waals surface area contributed by atoms with E-state index in [0.717, 1.165) is 49.6 Å². The molecule has 0 aromatic carbocycles. The zero-order valence-electron chi connectivity index (χ0n) is 41.4. The fourth-order valence-electron chi connectivity index (χ4n) is 8.20. The summed E-state index contributed by atoms with van der Waals surface area (Å²) >= 11 is 0. The summed E-state index contributed by atoms with van der Waals surface area (Å²) in [5.41, 5.74) is 0. The number of rotatable bonds is 12. The fraction of sp³-hybridized carbons (Fsp3) is 0.600. The first-order chi connectivity index (χ1) is 35.6. The molecule has 28 nitrogen and oxygen atoms in total. The molecule has 0 bridgehead atoms. The van der Waals surface area contributed by atoms with Crippen molar-refractivity contribution in [3.05, 3.63) is 72.8 Å². The fourth-order valence-corrected chi connectivity index (χ4v) is 11.7. The molecule has 4 aliphatic rings. The summed E-state index contributed by atoms with van der Waals surface area (Å²) in [7, 11) is -8.68. The van der Waals surface area contributed by atoms with Gasteiger partial charge in [0.25, 0.3) is 0 Å². The zero-order chi connectivity index (χ0) is 56.2. The highest BCUT2D eigenvalue weighted by Gasteiger charge is 2.38. The molecule has 4 aliphatic heterocycles. The van der Waals surface area contributed by atoms with E-state index in [2.05, 4.69) is 39.9 Å². The minimum atomic E-state index is -3.67. The Labute approximate surface area is 437 Å². The minimum absolute atomic E-state index is 0.171. The summed E-state index contributed by atoms with van der Waals surface area (Å²) in [5.74, 6) is -1.15. The number of anilines is 4. The van der Waals surface area contributed by atoms with Gasteiger partial charge in [0, 0.05) is 80.8 Å². The maximum absolute atomic E-state index is 12.8. The molecular formula is C40H60F4N16O12S4. The molecule has 0 aliphatic carbocycles. The lowest BCUT2D eigenvalue weighted by Crippen LogP contribution is -2.51. The van der Waals surface area contributed by atoms with E-state index in [4.69, 9.17) is 39.5 Å². The Kier molecular flexibility index (Phi) is 21.8. The second-order valence-electron chi connectivity index (χ2n) is 17.6. The van der Waals surface area contributed by atoms with Gasteiger partial charge in [0.05, 0.1) is 95.0 Å². The highest BCUT2D eigenvalue weighted by atomic mass is 32.2. The van der Waals surface area contributed by atoms with E-state index in [-0.39, 0.29) is 74.4 Å². The second kappa shape index (κ2) is 26.9. The number of nitrogens with two attached hydrogens (primary N) is 4. The van der Waals surface area contributed by atoms with E-state index >= 15 is 0 Å². The van der Waals surface area contributed by atoms with E-state index in [1.165, 1.54) is 28.4 Å². The summed E-state index contributed by atoms with van der Waals surface area (Å²) < 4.78 is 164. The lowest BCUT2D eigenvalue weighted by atomic mass is 10.1. The summed E-state index contributed by atoms with van der Waals surface area (Å²) in [4.78, 5) is 37.2. The standard InChI is InChI=1S/4C10H15FN4O3S/c4*1-18-8-2-9(19(12,16)17)6-15(5-8)10-13-3-7(11)4-14-10/h4*3-4,8-9H,2,5-6H2,1H3,(H2,12,16,17)/t2*8-,9+;2*8-,9-/m1010/s1. The minimum Gasteiger partial charge on any atom is -0.380 e. The van der Waals surface area contributed by atoms with Gasteiger partial charge in [-0.2, -0.15) is 0 Å². The van der Waals surface area contributed by atoms with Gasteiger partial charge in [0.2, 0.25) is 63.9 Å². The maximum atomic E-state index is 12.8. The van der Waals surface area contributed by atoms with Crippen molar-refractivity contribution in [3.63, 3.8) is 0 Å². The van der Waals surface area contributed by atoms with Gasteiger partial charge in [-0.15, -0.1) is 0 Å². The normalized spacial score (nSPS) is 24.5. The van der Waals surface area contributed by atoms with E-state index < -0.39 is 84.4 Å². The summed E-state index contributed by atoms with van der Waals surface area (Å²) in [5, 5.41) is 17.7. The molecule has 8 rings (SSSR count). The average Bonchev–Trinajstić information content (AvgIpc) is 3.38. The number of ether oxygens (including phenoxy) is 4. The Morgan fingerprint density at radius 1 is 0.355 bits per heavy atom. The number of nitrogens with zero attached hydrogens (tertiary/aromatic N) is 12. The van der Waals surface area contributed by atoms with Crippen molar-refractivity contribution < 1.29 is 70.2 Å². The number of piperidine rings is 4.